The molecule has 1 aromatic carbocycles. The number of rotatable bonds is 1. The molecule has 0 saturated carbocycles. The molecular formula is C14H20. The highest BCUT2D eigenvalue weighted by Crippen LogP contribution is 1.74. The molecule has 0 unspecified atom stereocenters. The van der Waals surface area contributed by atoms with E-state index in [9.17, 15) is 0 Å². The van der Waals surface area contributed by atoms with Crippen LogP contribution in [0.25, 0.3) is 12.2 Å². The van der Waals surface area contributed by atoms with Crippen molar-refractivity contribution in [2.75, 3.05) is 0 Å². The van der Waals surface area contributed by atoms with Gasteiger partial charge in [-0.25, -0.2) is 0 Å². The van der Waals surface area contributed by atoms with Crippen LogP contribution in [0.15, 0.2) is 36.4 Å². The number of benzene rings is 1. The highest BCUT2D eigenvalue weighted by molar-refractivity contribution is 5.38. The maximum absolute atomic E-state index is 2.12. The lowest BCUT2D eigenvalue weighted by atomic mass is 10.2. The van der Waals surface area contributed by atoms with Gasteiger partial charge in [0.1, 0.15) is 0 Å². The van der Waals surface area contributed by atoms with Gasteiger partial charge >= 0.3 is 0 Å². The van der Waals surface area contributed by atoms with E-state index < -0.39 is 0 Å². The Morgan fingerprint density at radius 3 is 2.00 bits per heavy atom. The van der Waals surface area contributed by atoms with Crippen molar-refractivity contribution in [1.82, 2.24) is 0 Å². The number of hydrogen-bond acceptors (Lipinski definition) is 0. The standard InChI is InChI=1S/C12H14.C2H6/c1-3-5-8-12-10-7-6-9-11(12)4-2;1-2/h3-10H,1-2H3;1-2H3/b5-3-,11-4-,12-8-;. The van der Waals surface area contributed by atoms with Crippen LogP contribution in [0.1, 0.15) is 27.7 Å². The van der Waals surface area contributed by atoms with Crippen molar-refractivity contribution in [3.8, 4) is 0 Å². The highest BCUT2D eigenvalue weighted by Gasteiger charge is 1.78. The molecule has 0 fully saturated rings. The lowest BCUT2D eigenvalue weighted by Crippen LogP contribution is -2.22. The molecule has 0 amide bonds. The van der Waals surface area contributed by atoms with E-state index in [4.69, 9.17) is 0 Å². The predicted octanol–water partition coefficient (Wildman–Crippen LogP) is 2.87. The Bertz CT molecular complexity index is 369. The maximum Gasteiger partial charge on any atom is -0.0187 e. The predicted molar refractivity (Wildman–Crippen MR) is 66.5 cm³/mol. The normalized spacial score (nSPS) is 12.9. The van der Waals surface area contributed by atoms with E-state index in [0.29, 0.717) is 0 Å². The van der Waals surface area contributed by atoms with Crippen LogP contribution in [-0.4, -0.2) is 0 Å². The molecule has 0 atom stereocenters. The fourth-order valence-electron chi connectivity index (χ4n) is 1.13. The van der Waals surface area contributed by atoms with Crippen LogP contribution in [0.2, 0.25) is 0 Å². The molecule has 0 heterocycles. The summed E-state index contributed by atoms with van der Waals surface area (Å²) in [6.45, 7) is 8.08. The summed E-state index contributed by atoms with van der Waals surface area (Å²) in [6.07, 6.45) is 8.33. The summed E-state index contributed by atoms with van der Waals surface area (Å²) in [4.78, 5) is 0. The molecule has 0 nitrogen and oxygen atoms in total. The van der Waals surface area contributed by atoms with Gasteiger partial charge in [0.25, 0.3) is 0 Å². The molecule has 0 N–H and O–H groups in total. The molecule has 0 aromatic heterocycles. The highest BCUT2D eigenvalue weighted by atomic mass is 13.8. The van der Waals surface area contributed by atoms with Crippen LogP contribution >= 0.6 is 0 Å². The fourth-order valence-corrected chi connectivity index (χ4v) is 1.13. The van der Waals surface area contributed by atoms with E-state index in [1.54, 1.807) is 0 Å². The van der Waals surface area contributed by atoms with Crippen LogP contribution in [0.3, 0.4) is 0 Å². The summed E-state index contributed by atoms with van der Waals surface area (Å²) in [6, 6.07) is 8.36. The third-order valence-corrected chi connectivity index (χ3v) is 1.78. The quantitative estimate of drug-likeness (QED) is 0.635. The smallest absolute Gasteiger partial charge is 0.0187 e. The molecule has 0 heteroatoms. The van der Waals surface area contributed by atoms with E-state index in [-0.39, 0.29) is 0 Å². The number of allylic oxidation sites excluding steroid dienone is 2. The summed E-state index contributed by atoms with van der Waals surface area (Å²) >= 11 is 0. The molecule has 1 rings (SSSR count). The third kappa shape index (κ3) is 4.08. The van der Waals surface area contributed by atoms with Gasteiger partial charge in [-0.3, -0.25) is 0 Å². The summed E-state index contributed by atoms with van der Waals surface area (Å²) in [5.41, 5.74) is 0. The summed E-state index contributed by atoms with van der Waals surface area (Å²) in [5.74, 6) is 0. The Morgan fingerprint density at radius 2 is 1.50 bits per heavy atom. The Balaban J connectivity index is 0.000000791. The van der Waals surface area contributed by atoms with Gasteiger partial charge in [-0.05, 0) is 24.3 Å². The van der Waals surface area contributed by atoms with Crippen molar-refractivity contribution in [3.05, 3.63) is 46.9 Å². The SMILES string of the molecule is CC.C\C=C/C=c1/cccc/c1=C/C. The van der Waals surface area contributed by atoms with Crippen LogP contribution < -0.4 is 10.4 Å². The zero-order chi connectivity index (χ0) is 10.8. The summed E-state index contributed by atoms with van der Waals surface area (Å²) in [7, 11) is 0. The lowest BCUT2D eigenvalue weighted by molar-refractivity contribution is 1.50. The minimum Gasteiger partial charge on any atom is -0.0876 e. The zero-order valence-electron chi connectivity index (χ0n) is 9.62. The Morgan fingerprint density at radius 1 is 0.929 bits per heavy atom. The van der Waals surface area contributed by atoms with Crippen molar-refractivity contribution in [2.45, 2.75) is 27.7 Å². The van der Waals surface area contributed by atoms with Gasteiger partial charge in [0.15, 0.2) is 0 Å². The Labute approximate surface area is 87.3 Å². The molecule has 0 spiro atoms. The van der Waals surface area contributed by atoms with E-state index in [1.807, 2.05) is 26.8 Å². The van der Waals surface area contributed by atoms with Gasteiger partial charge in [-0.2, -0.15) is 0 Å². The molecule has 0 saturated heterocycles. The molecule has 0 bridgehead atoms. The van der Waals surface area contributed by atoms with Crippen LogP contribution in [-0.2, 0) is 0 Å². The molecular weight excluding hydrogens is 168 g/mol. The van der Waals surface area contributed by atoms with Gasteiger partial charge in [-0.1, -0.05) is 62.4 Å². The second kappa shape index (κ2) is 8.31. The van der Waals surface area contributed by atoms with Crippen molar-refractivity contribution >= 4 is 12.2 Å². The first-order chi connectivity index (χ1) is 6.88. The van der Waals surface area contributed by atoms with E-state index >= 15 is 0 Å². The average molecular weight is 188 g/mol. The van der Waals surface area contributed by atoms with Crippen LogP contribution in [0.4, 0.5) is 0 Å². The van der Waals surface area contributed by atoms with E-state index in [2.05, 4.69) is 49.4 Å². The Kier molecular flexibility index (Phi) is 7.53. The van der Waals surface area contributed by atoms with Gasteiger partial charge in [0, 0.05) is 0 Å². The molecule has 0 radical (unpaired) electrons. The van der Waals surface area contributed by atoms with Gasteiger partial charge in [-0.15, -0.1) is 0 Å². The van der Waals surface area contributed by atoms with Gasteiger partial charge < -0.3 is 0 Å². The third-order valence-electron chi connectivity index (χ3n) is 1.78. The van der Waals surface area contributed by atoms with Crippen LogP contribution in [0.5, 0.6) is 0 Å². The van der Waals surface area contributed by atoms with Crippen molar-refractivity contribution in [2.24, 2.45) is 0 Å². The van der Waals surface area contributed by atoms with E-state index in [1.165, 1.54) is 10.4 Å². The monoisotopic (exact) mass is 188 g/mol. The minimum absolute atomic E-state index is 1.28. The van der Waals surface area contributed by atoms with Crippen LogP contribution in [0, 0.1) is 0 Å². The lowest BCUT2D eigenvalue weighted by Gasteiger charge is -1.86. The fraction of sp³-hybridized carbons (Fsp3) is 0.286. The minimum atomic E-state index is 1.28. The molecule has 0 aliphatic rings. The van der Waals surface area contributed by atoms with Crippen molar-refractivity contribution in [1.29, 1.82) is 0 Å². The van der Waals surface area contributed by atoms with Gasteiger partial charge in [0.2, 0.25) is 0 Å². The maximum atomic E-state index is 2.12. The van der Waals surface area contributed by atoms with Crippen molar-refractivity contribution < 1.29 is 0 Å². The number of hydrogen-bond donors (Lipinski definition) is 0. The zero-order valence-corrected chi connectivity index (χ0v) is 9.62. The molecule has 0 aliphatic carbocycles. The van der Waals surface area contributed by atoms with E-state index in [0.717, 1.165) is 0 Å². The second-order valence-corrected chi connectivity index (χ2v) is 2.61. The molecule has 0 aliphatic heterocycles. The first-order valence-electron chi connectivity index (χ1n) is 5.23. The summed E-state index contributed by atoms with van der Waals surface area (Å²) in [5, 5.41) is 2.56. The second-order valence-electron chi connectivity index (χ2n) is 2.61. The first kappa shape index (κ1) is 12.7. The van der Waals surface area contributed by atoms with Gasteiger partial charge in [0.05, 0.1) is 0 Å². The molecule has 76 valence electrons. The molecule has 14 heavy (non-hydrogen) atoms. The van der Waals surface area contributed by atoms with Crippen molar-refractivity contribution in [3.63, 3.8) is 0 Å². The average Bonchev–Trinajstić information content (AvgIpc) is 2.29. The largest absolute Gasteiger partial charge is 0.0876 e. The topological polar surface area (TPSA) is 0 Å². The molecule has 1 aromatic rings. The Hall–Kier alpha value is -1.30. The first-order valence-corrected chi connectivity index (χ1v) is 5.23. The summed E-state index contributed by atoms with van der Waals surface area (Å²) < 4.78 is 0.